The van der Waals surface area contributed by atoms with Crippen molar-refractivity contribution >= 4 is 52.4 Å². The molecular formula is C12H15Cl3N2S. The number of hydrogen-bond acceptors (Lipinski definition) is 3. The van der Waals surface area contributed by atoms with Crippen molar-refractivity contribution in [3.05, 3.63) is 46.1 Å². The zero-order chi connectivity index (χ0) is 12.8. The molecule has 0 spiro atoms. The van der Waals surface area contributed by atoms with Crippen molar-refractivity contribution in [2.45, 2.75) is 5.75 Å². The second kappa shape index (κ2) is 8.70. The molecule has 0 aliphatic heterocycles. The smallest absolute Gasteiger partial charge is 0.0887 e. The molecule has 0 aliphatic carbocycles. The minimum atomic E-state index is 0. The molecule has 0 aromatic heterocycles. The van der Waals surface area contributed by atoms with E-state index in [9.17, 15) is 0 Å². The molecule has 0 bridgehead atoms. The Morgan fingerprint density at radius 3 is 2.39 bits per heavy atom. The van der Waals surface area contributed by atoms with Gasteiger partial charge in [0.2, 0.25) is 0 Å². The summed E-state index contributed by atoms with van der Waals surface area (Å²) >= 11 is 13.5. The van der Waals surface area contributed by atoms with Crippen LogP contribution in [0, 0.1) is 5.41 Å². The first kappa shape index (κ1) is 17.6. The maximum atomic E-state index is 7.74. The first-order chi connectivity index (χ1) is 8.00. The highest BCUT2D eigenvalue weighted by molar-refractivity contribution is 8.13. The second-order valence-corrected chi connectivity index (χ2v) is 5.46. The number of halogens is 3. The molecule has 0 atom stereocenters. The molecular weight excluding hydrogens is 311 g/mol. The lowest BCUT2D eigenvalue weighted by atomic mass is 10.2. The van der Waals surface area contributed by atoms with Crippen molar-refractivity contribution in [2.75, 3.05) is 14.1 Å². The predicted octanol–water partition coefficient (Wildman–Crippen LogP) is 4.70. The molecule has 18 heavy (non-hydrogen) atoms. The highest BCUT2D eigenvalue weighted by Gasteiger charge is 2.06. The van der Waals surface area contributed by atoms with Gasteiger partial charge in [-0.25, -0.2) is 0 Å². The van der Waals surface area contributed by atoms with Crippen molar-refractivity contribution in [2.24, 2.45) is 0 Å². The van der Waals surface area contributed by atoms with E-state index in [-0.39, 0.29) is 12.4 Å². The van der Waals surface area contributed by atoms with Crippen LogP contribution in [0.25, 0.3) is 0 Å². The summed E-state index contributed by atoms with van der Waals surface area (Å²) in [6.07, 6.45) is 3.58. The molecule has 0 fully saturated rings. The summed E-state index contributed by atoms with van der Waals surface area (Å²) in [6, 6.07) is 5.43. The number of thioether (sulfide) groups is 1. The third kappa shape index (κ3) is 6.01. The zero-order valence-corrected chi connectivity index (χ0v) is 13.3. The normalized spacial score (nSPS) is 10.2. The number of nitrogens with one attached hydrogen (secondary N) is 1. The van der Waals surface area contributed by atoms with Crippen LogP contribution in [-0.4, -0.2) is 24.0 Å². The van der Waals surface area contributed by atoms with Crippen molar-refractivity contribution in [1.29, 1.82) is 5.41 Å². The van der Waals surface area contributed by atoms with E-state index in [0.29, 0.717) is 20.8 Å². The van der Waals surface area contributed by atoms with Gasteiger partial charge in [0.1, 0.15) is 0 Å². The van der Waals surface area contributed by atoms with Crippen molar-refractivity contribution in [3.8, 4) is 0 Å². The van der Waals surface area contributed by atoms with Gasteiger partial charge in [-0.15, -0.1) is 24.2 Å². The second-order valence-electron chi connectivity index (χ2n) is 3.63. The number of hydrogen-bond donors (Lipinski definition) is 1. The van der Waals surface area contributed by atoms with Crippen LogP contribution in [0.3, 0.4) is 0 Å². The maximum Gasteiger partial charge on any atom is 0.0887 e. The van der Waals surface area contributed by atoms with E-state index in [0.717, 1.165) is 5.56 Å². The van der Waals surface area contributed by atoms with Gasteiger partial charge in [0.05, 0.1) is 5.04 Å². The average molecular weight is 326 g/mol. The molecule has 6 heteroatoms. The highest BCUT2D eigenvalue weighted by Crippen LogP contribution is 2.28. The number of benzene rings is 1. The fourth-order valence-corrected chi connectivity index (χ4v) is 2.54. The molecule has 0 aliphatic rings. The van der Waals surface area contributed by atoms with Crippen LogP contribution in [0.5, 0.6) is 0 Å². The van der Waals surface area contributed by atoms with Gasteiger partial charge in [-0.3, -0.25) is 5.41 Å². The van der Waals surface area contributed by atoms with Crippen LogP contribution in [0.2, 0.25) is 10.0 Å². The standard InChI is InChI=1S/C12H14Cl2N2S.ClH/c1-16(2)7-6-12(15)17-8-9-10(13)4-3-5-11(9)14;/h3-7,15H,8H2,1-2H3;1H. The Balaban J connectivity index is 0.00000289. The average Bonchev–Trinajstić information content (AvgIpc) is 2.25. The van der Waals surface area contributed by atoms with Crippen LogP contribution in [0.4, 0.5) is 0 Å². The summed E-state index contributed by atoms with van der Waals surface area (Å²) in [7, 11) is 3.83. The van der Waals surface area contributed by atoms with Crippen LogP contribution in [0.1, 0.15) is 5.56 Å². The first-order valence-electron chi connectivity index (χ1n) is 4.99. The van der Waals surface area contributed by atoms with Crippen LogP contribution in [0.15, 0.2) is 30.5 Å². The van der Waals surface area contributed by atoms with E-state index in [4.69, 9.17) is 28.6 Å². The Morgan fingerprint density at radius 1 is 1.33 bits per heavy atom. The third-order valence-electron chi connectivity index (χ3n) is 1.96. The highest BCUT2D eigenvalue weighted by atomic mass is 35.5. The Morgan fingerprint density at radius 2 is 1.89 bits per heavy atom. The molecule has 0 amide bonds. The van der Waals surface area contributed by atoms with Crippen LogP contribution >= 0.6 is 47.4 Å². The lowest BCUT2D eigenvalue weighted by molar-refractivity contribution is 0.564. The lowest BCUT2D eigenvalue weighted by Gasteiger charge is -2.06. The molecule has 0 saturated carbocycles. The van der Waals surface area contributed by atoms with Gasteiger partial charge in [0.15, 0.2) is 0 Å². The van der Waals surface area contributed by atoms with E-state index in [1.54, 1.807) is 6.08 Å². The monoisotopic (exact) mass is 324 g/mol. The molecule has 0 saturated heterocycles. The van der Waals surface area contributed by atoms with Gasteiger partial charge in [0, 0.05) is 36.1 Å². The van der Waals surface area contributed by atoms with E-state index in [1.165, 1.54) is 11.8 Å². The summed E-state index contributed by atoms with van der Waals surface area (Å²) in [6.45, 7) is 0. The quantitative estimate of drug-likeness (QED) is 0.641. The van der Waals surface area contributed by atoms with Gasteiger partial charge >= 0.3 is 0 Å². The Labute approximate surface area is 128 Å². The summed E-state index contributed by atoms with van der Waals surface area (Å²) in [5.74, 6) is 0.606. The topological polar surface area (TPSA) is 27.1 Å². The summed E-state index contributed by atoms with van der Waals surface area (Å²) < 4.78 is 0. The molecule has 1 aromatic carbocycles. The number of nitrogens with zero attached hydrogens (tertiary/aromatic N) is 1. The van der Waals surface area contributed by atoms with Crippen molar-refractivity contribution in [1.82, 2.24) is 4.90 Å². The van der Waals surface area contributed by atoms with Crippen LogP contribution in [-0.2, 0) is 5.75 Å². The van der Waals surface area contributed by atoms with Gasteiger partial charge in [-0.1, -0.05) is 29.3 Å². The molecule has 0 heterocycles. The molecule has 1 N–H and O–H groups in total. The van der Waals surface area contributed by atoms with Crippen LogP contribution < -0.4 is 0 Å². The zero-order valence-electron chi connectivity index (χ0n) is 10.1. The molecule has 0 unspecified atom stereocenters. The van der Waals surface area contributed by atoms with E-state index in [2.05, 4.69) is 0 Å². The predicted molar refractivity (Wildman–Crippen MR) is 85.6 cm³/mol. The van der Waals surface area contributed by atoms with E-state index in [1.807, 2.05) is 43.4 Å². The largest absolute Gasteiger partial charge is 0.383 e. The summed E-state index contributed by atoms with van der Waals surface area (Å²) in [4.78, 5) is 1.89. The molecule has 1 rings (SSSR count). The molecule has 0 radical (unpaired) electrons. The van der Waals surface area contributed by atoms with Gasteiger partial charge in [-0.2, -0.15) is 0 Å². The Hall–Kier alpha value is -0.350. The van der Waals surface area contributed by atoms with Gasteiger partial charge < -0.3 is 4.90 Å². The molecule has 1 aromatic rings. The maximum absolute atomic E-state index is 7.74. The Kier molecular flexibility index (Phi) is 8.53. The fraction of sp³-hybridized carbons (Fsp3) is 0.250. The first-order valence-corrected chi connectivity index (χ1v) is 6.73. The number of rotatable bonds is 4. The SMILES string of the molecule is CN(C)C=CC(=N)SCc1c(Cl)cccc1Cl.Cl. The lowest BCUT2D eigenvalue weighted by Crippen LogP contribution is -2.01. The molecule has 100 valence electrons. The fourth-order valence-electron chi connectivity index (χ4n) is 1.09. The van der Waals surface area contributed by atoms with E-state index >= 15 is 0 Å². The van der Waals surface area contributed by atoms with Gasteiger partial charge in [-0.05, 0) is 23.8 Å². The Bertz CT molecular complexity index is 413. The summed E-state index contributed by atoms with van der Waals surface area (Å²) in [5.41, 5.74) is 0.879. The minimum Gasteiger partial charge on any atom is -0.383 e. The van der Waals surface area contributed by atoms with Gasteiger partial charge in [0.25, 0.3) is 0 Å². The minimum absolute atomic E-state index is 0. The third-order valence-corrected chi connectivity index (χ3v) is 3.55. The summed E-state index contributed by atoms with van der Waals surface area (Å²) in [5, 5.41) is 9.51. The van der Waals surface area contributed by atoms with Crippen molar-refractivity contribution in [3.63, 3.8) is 0 Å². The van der Waals surface area contributed by atoms with E-state index < -0.39 is 0 Å². The molecule has 2 nitrogen and oxygen atoms in total. The van der Waals surface area contributed by atoms with Crippen molar-refractivity contribution < 1.29 is 0 Å².